The Kier molecular flexibility index (Phi) is 5.66. The van der Waals surface area contributed by atoms with Crippen molar-refractivity contribution in [2.24, 2.45) is 0 Å². The van der Waals surface area contributed by atoms with Crippen molar-refractivity contribution in [2.45, 2.75) is 26.2 Å². The van der Waals surface area contributed by atoms with E-state index in [0.29, 0.717) is 38.6 Å². The van der Waals surface area contributed by atoms with Crippen LogP contribution in [0.5, 0.6) is 34.5 Å². The minimum absolute atomic E-state index is 0.0756. The molecule has 0 radical (unpaired) electrons. The van der Waals surface area contributed by atoms with Crippen molar-refractivity contribution < 1.29 is 28.4 Å². The van der Waals surface area contributed by atoms with Gasteiger partial charge < -0.3 is 28.4 Å². The standard InChI is InChI=1S/C24H28O6/c1-14(2)20-19(26-5)13-16(22-24(20)30-11-10-28-22)12-15(3)21-17(25-4)6-7-18-23(21)29-9-8-27-18/h6-7,13,15H,1,8-12H2,2-5H3. The molecule has 6 heteroatoms. The number of rotatable bonds is 6. The van der Waals surface area contributed by atoms with Gasteiger partial charge in [-0.3, -0.25) is 0 Å². The summed E-state index contributed by atoms with van der Waals surface area (Å²) in [6.07, 6.45) is 0.689. The van der Waals surface area contributed by atoms with Crippen LogP contribution < -0.4 is 28.4 Å². The van der Waals surface area contributed by atoms with Crippen LogP contribution in [0.2, 0.25) is 0 Å². The van der Waals surface area contributed by atoms with Crippen molar-refractivity contribution in [3.63, 3.8) is 0 Å². The molecule has 160 valence electrons. The fourth-order valence-corrected chi connectivity index (χ4v) is 4.16. The Morgan fingerprint density at radius 1 is 0.933 bits per heavy atom. The molecule has 6 nitrogen and oxygen atoms in total. The van der Waals surface area contributed by atoms with Gasteiger partial charge in [0.25, 0.3) is 0 Å². The van der Waals surface area contributed by atoms with Gasteiger partial charge in [0.1, 0.15) is 37.9 Å². The minimum atomic E-state index is 0.0756. The molecule has 1 atom stereocenters. The maximum Gasteiger partial charge on any atom is 0.172 e. The van der Waals surface area contributed by atoms with Gasteiger partial charge in [0, 0.05) is 11.1 Å². The van der Waals surface area contributed by atoms with Gasteiger partial charge in [0.2, 0.25) is 0 Å². The lowest BCUT2D eigenvalue weighted by molar-refractivity contribution is 0.166. The van der Waals surface area contributed by atoms with Crippen LogP contribution in [0, 0.1) is 0 Å². The van der Waals surface area contributed by atoms with E-state index in [1.165, 1.54) is 0 Å². The number of methoxy groups -OCH3 is 2. The summed E-state index contributed by atoms with van der Waals surface area (Å²) < 4.78 is 35.1. The largest absolute Gasteiger partial charge is 0.496 e. The van der Waals surface area contributed by atoms with E-state index < -0.39 is 0 Å². The SMILES string of the molecule is C=C(C)c1c(OC)cc(CC(C)c2c(OC)ccc3c2OCCO3)c2c1OCCO2. The van der Waals surface area contributed by atoms with Gasteiger partial charge in [0.05, 0.1) is 19.8 Å². The van der Waals surface area contributed by atoms with E-state index in [-0.39, 0.29) is 5.92 Å². The second kappa shape index (κ2) is 8.38. The quantitative estimate of drug-likeness (QED) is 0.690. The predicted molar refractivity (Wildman–Crippen MR) is 115 cm³/mol. The molecule has 2 heterocycles. The van der Waals surface area contributed by atoms with Crippen molar-refractivity contribution in [3.8, 4) is 34.5 Å². The Bertz CT molecular complexity index is 965. The van der Waals surface area contributed by atoms with Crippen LogP contribution >= 0.6 is 0 Å². The smallest absolute Gasteiger partial charge is 0.172 e. The molecular formula is C24H28O6. The first-order valence-corrected chi connectivity index (χ1v) is 10.2. The summed E-state index contributed by atoms with van der Waals surface area (Å²) in [6, 6.07) is 5.85. The van der Waals surface area contributed by atoms with Gasteiger partial charge in [-0.1, -0.05) is 13.5 Å². The zero-order chi connectivity index (χ0) is 21.3. The summed E-state index contributed by atoms with van der Waals surface area (Å²) in [5.41, 5.74) is 3.73. The van der Waals surface area contributed by atoms with Gasteiger partial charge in [-0.05, 0) is 43.0 Å². The zero-order valence-electron chi connectivity index (χ0n) is 18.0. The molecule has 0 saturated carbocycles. The molecule has 4 rings (SSSR count). The average Bonchev–Trinajstić information content (AvgIpc) is 2.77. The lowest BCUT2D eigenvalue weighted by Crippen LogP contribution is -2.19. The highest BCUT2D eigenvalue weighted by Gasteiger charge is 2.29. The van der Waals surface area contributed by atoms with Crippen molar-refractivity contribution in [1.82, 2.24) is 0 Å². The Morgan fingerprint density at radius 2 is 1.57 bits per heavy atom. The molecule has 0 fully saturated rings. The lowest BCUT2D eigenvalue weighted by Gasteiger charge is -2.28. The van der Waals surface area contributed by atoms with Crippen LogP contribution in [0.3, 0.4) is 0 Å². The van der Waals surface area contributed by atoms with E-state index in [1.54, 1.807) is 14.2 Å². The van der Waals surface area contributed by atoms with E-state index >= 15 is 0 Å². The lowest BCUT2D eigenvalue weighted by atomic mass is 9.89. The Hall–Kier alpha value is -3.02. The number of fused-ring (bicyclic) bond motifs is 2. The first-order chi connectivity index (χ1) is 14.5. The van der Waals surface area contributed by atoms with Crippen molar-refractivity contribution >= 4 is 5.57 Å². The summed E-state index contributed by atoms with van der Waals surface area (Å²) in [5, 5.41) is 0. The van der Waals surface area contributed by atoms with Crippen LogP contribution in [-0.4, -0.2) is 40.6 Å². The molecule has 0 aliphatic carbocycles. The Morgan fingerprint density at radius 3 is 2.23 bits per heavy atom. The molecule has 2 aromatic carbocycles. The number of benzene rings is 2. The number of hydrogen-bond donors (Lipinski definition) is 0. The summed E-state index contributed by atoms with van der Waals surface area (Å²) >= 11 is 0. The molecule has 0 amide bonds. The molecule has 2 aliphatic heterocycles. The first kappa shape index (κ1) is 20.3. The van der Waals surface area contributed by atoms with Gasteiger partial charge in [-0.25, -0.2) is 0 Å². The van der Waals surface area contributed by atoms with Crippen molar-refractivity contribution in [3.05, 3.63) is 41.5 Å². The number of allylic oxidation sites excluding steroid dienone is 1. The highest BCUT2D eigenvalue weighted by molar-refractivity contribution is 5.77. The van der Waals surface area contributed by atoms with Gasteiger partial charge >= 0.3 is 0 Å². The number of ether oxygens (including phenoxy) is 6. The first-order valence-electron chi connectivity index (χ1n) is 10.2. The topological polar surface area (TPSA) is 55.4 Å². The van der Waals surface area contributed by atoms with E-state index in [1.807, 2.05) is 25.1 Å². The van der Waals surface area contributed by atoms with Crippen LogP contribution in [0.15, 0.2) is 24.8 Å². The maximum absolute atomic E-state index is 6.04. The minimum Gasteiger partial charge on any atom is -0.496 e. The third-order valence-electron chi connectivity index (χ3n) is 5.45. The van der Waals surface area contributed by atoms with E-state index in [2.05, 4.69) is 13.5 Å². The molecule has 2 aromatic rings. The maximum atomic E-state index is 6.04. The van der Waals surface area contributed by atoms with Crippen LogP contribution in [-0.2, 0) is 6.42 Å². The monoisotopic (exact) mass is 412 g/mol. The number of hydrogen-bond acceptors (Lipinski definition) is 6. The molecule has 0 N–H and O–H groups in total. The predicted octanol–water partition coefficient (Wildman–Crippen LogP) is 4.63. The molecule has 0 saturated heterocycles. The molecule has 30 heavy (non-hydrogen) atoms. The van der Waals surface area contributed by atoms with Crippen LogP contribution in [0.4, 0.5) is 0 Å². The van der Waals surface area contributed by atoms with E-state index in [9.17, 15) is 0 Å². The molecule has 1 unspecified atom stereocenters. The highest BCUT2D eigenvalue weighted by Crippen LogP contribution is 2.49. The third kappa shape index (κ3) is 3.51. The third-order valence-corrected chi connectivity index (χ3v) is 5.45. The average molecular weight is 412 g/mol. The van der Waals surface area contributed by atoms with Crippen LogP contribution in [0.1, 0.15) is 36.5 Å². The fraction of sp³-hybridized carbons (Fsp3) is 0.417. The summed E-state index contributed by atoms with van der Waals surface area (Å²) in [4.78, 5) is 0. The summed E-state index contributed by atoms with van der Waals surface area (Å²) in [7, 11) is 3.33. The van der Waals surface area contributed by atoms with Crippen LogP contribution in [0.25, 0.3) is 5.57 Å². The van der Waals surface area contributed by atoms with E-state index in [4.69, 9.17) is 28.4 Å². The zero-order valence-corrected chi connectivity index (χ0v) is 18.0. The van der Waals surface area contributed by atoms with Gasteiger partial charge in [0.15, 0.2) is 23.0 Å². The Balaban J connectivity index is 1.78. The Labute approximate surface area is 177 Å². The highest BCUT2D eigenvalue weighted by atomic mass is 16.6. The second-order valence-corrected chi connectivity index (χ2v) is 7.56. The summed E-state index contributed by atoms with van der Waals surface area (Å²) in [6.45, 7) is 10.3. The molecule has 0 bridgehead atoms. The van der Waals surface area contributed by atoms with Crippen molar-refractivity contribution in [1.29, 1.82) is 0 Å². The van der Waals surface area contributed by atoms with E-state index in [0.717, 1.165) is 51.0 Å². The molecule has 0 spiro atoms. The van der Waals surface area contributed by atoms with Crippen molar-refractivity contribution in [2.75, 3.05) is 40.6 Å². The van der Waals surface area contributed by atoms with Gasteiger partial charge in [-0.15, -0.1) is 0 Å². The molecule has 2 aliphatic rings. The second-order valence-electron chi connectivity index (χ2n) is 7.56. The normalized spacial score (nSPS) is 15.3. The molecular weight excluding hydrogens is 384 g/mol. The van der Waals surface area contributed by atoms with Gasteiger partial charge in [-0.2, -0.15) is 0 Å². The fourth-order valence-electron chi connectivity index (χ4n) is 4.16. The summed E-state index contributed by atoms with van der Waals surface area (Å²) in [5.74, 6) is 4.56. The molecule has 0 aromatic heterocycles.